The number of hydrogen-bond donors (Lipinski definition) is 2. The van der Waals surface area contributed by atoms with Crippen molar-refractivity contribution in [1.82, 2.24) is 0 Å². The minimum atomic E-state index is -1.03. The van der Waals surface area contributed by atoms with Gasteiger partial charge in [-0.2, -0.15) is 0 Å². The van der Waals surface area contributed by atoms with Crippen molar-refractivity contribution < 1.29 is 29.3 Å². The van der Waals surface area contributed by atoms with Crippen LogP contribution in [0.25, 0.3) is 0 Å². The fourth-order valence-electron chi connectivity index (χ4n) is 5.19. The first-order valence-electron chi connectivity index (χ1n) is 19.0. The standard InChI is InChI=1S/C40H72O6/c1-4-6-7-8-9-10-11-12-13-17-20-23-26-30-37(41)31-28-33-40(44)46-35-38(42)34-45-39(43)32-27-24-21-18-15-14-16-19-22-25-29-36(3)5-2/h12-13,20,23,26,30,36-38,41-42H,4-11,14-19,21-22,24-25,27-29,31-35H2,1-3H3/b13-12+,23-20+,30-26+/t36?,37?,38-/m0/s1. The molecule has 0 fully saturated rings. The van der Waals surface area contributed by atoms with Gasteiger partial charge in [-0.3, -0.25) is 9.59 Å². The molecule has 0 aliphatic heterocycles. The molecule has 0 heterocycles. The predicted molar refractivity (Wildman–Crippen MR) is 193 cm³/mol. The van der Waals surface area contributed by atoms with Crippen LogP contribution in [0.3, 0.4) is 0 Å². The smallest absolute Gasteiger partial charge is 0.305 e. The Balaban J connectivity index is 3.64. The summed E-state index contributed by atoms with van der Waals surface area (Å²) >= 11 is 0. The molecule has 0 aromatic heterocycles. The van der Waals surface area contributed by atoms with E-state index in [0.717, 1.165) is 38.0 Å². The Kier molecular flexibility index (Phi) is 33.0. The SMILES string of the molecule is CCCCCCCC/C=C/C/C=C/C=C/C(O)CCCC(=O)OC[C@@H](O)COC(=O)CCCCCCCCCCCCC(C)CC. The molecule has 0 aliphatic carbocycles. The molecule has 0 spiro atoms. The van der Waals surface area contributed by atoms with E-state index < -0.39 is 18.2 Å². The van der Waals surface area contributed by atoms with Crippen molar-refractivity contribution in [3.63, 3.8) is 0 Å². The van der Waals surface area contributed by atoms with Gasteiger partial charge >= 0.3 is 11.9 Å². The Morgan fingerprint density at radius 3 is 1.76 bits per heavy atom. The number of rotatable bonds is 33. The van der Waals surface area contributed by atoms with Gasteiger partial charge in [0.2, 0.25) is 0 Å². The van der Waals surface area contributed by atoms with E-state index in [9.17, 15) is 19.8 Å². The van der Waals surface area contributed by atoms with E-state index in [-0.39, 0.29) is 25.6 Å². The molecule has 2 unspecified atom stereocenters. The van der Waals surface area contributed by atoms with Gasteiger partial charge in [-0.05, 0) is 44.4 Å². The van der Waals surface area contributed by atoms with Crippen molar-refractivity contribution in [1.29, 1.82) is 0 Å². The number of hydrogen-bond acceptors (Lipinski definition) is 6. The van der Waals surface area contributed by atoms with Gasteiger partial charge in [0.05, 0.1) is 6.10 Å². The molecule has 2 N–H and O–H groups in total. The van der Waals surface area contributed by atoms with E-state index in [1.807, 2.05) is 12.2 Å². The molecule has 0 rings (SSSR count). The molecular weight excluding hydrogens is 576 g/mol. The van der Waals surface area contributed by atoms with E-state index in [1.165, 1.54) is 96.3 Å². The minimum Gasteiger partial charge on any atom is -0.463 e. The highest BCUT2D eigenvalue weighted by Gasteiger charge is 2.12. The van der Waals surface area contributed by atoms with Crippen molar-refractivity contribution in [2.24, 2.45) is 5.92 Å². The Bertz CT molecular complexity index is 774. The van der Waals surface area contributed by atoms with Crippen LogP contribution in [0.15, 0.2) is 36.5 Å². The van der Waals surface area contributed by atoms with E-state index >= 15 is 0 Å². The number of aliphatic hydroxyl groups excluding tert-OH is 2. The number of unbranched alkanes of at least 4 members (excludes halogenated alkanes) is 15. The van der Waals surface area contributed by atoms with Crippen LogP contribution in [0, 0.1) is 5.92 Å². The number of esters is 2. The van der Waals surface area contributed by atoms with Gasteiger partial charge in [0.25, 0.3) is 0 Å². The van der Waals surface area contributed by atoms with Gasteiger partial charge in [-0.15, -0.1) is 0 Å². The first-order chi connectivity index (χ1) is 22.4. The Morgan fingerprint density at radius 2 is 1.15 bits per heavy atom. The fraction of sp³-hybridized carbons (Fsp3) is 0.800. The quantitative estimate of drug-likeness (QED) is 0.0318. The summed E-state index contributed by atoms with van der Waals surface area (Å²) in [4.78, 5) is 23.9. The lowest BCUT2D eigenvalue weighted by atomic mass is 9.99. The lowest BCUT2D eigenvalue weighted by Crippen LogP contribution is -2.25. The second kappa shape index (κ2) is 34.4. The number of ether oxygens (including phenoxy) is 2. The van der Waals surface area contributed by atoms with Crippen LogP contribution in [-0.4, -0.2) is 47.6 Å². The molecule has 0 amide bonds. The van der Waals surface area contributed by atoms with Crippen molar-refractivity contribution in [2.45, 2.75) is 187 Å². The maximum absolute atomic E-state index is 12.0. The average Bonchev–Trinajstić information content (AvgIpc) is 3.05. The lowest BCUT2D eigenvalue weighted by molar-refractivity contribution is -0.152. The van der Waals surface area contributed by atoms with Crippen molar-refractivity contribution in [3.05, 3.63) is 36.5 Å². The molecule has 0 saturated heterocycles. The molecule has 0 aromatic rings. The highest BCUT2D eigenvalue weighted by Crippen LogP contribution is 2.15. The fourth-order valence-corrected chi connectivity index (χ4v) is 5.19. The summed E-state index contributed by atoms with van der Waals surface area (Å²) in [6.07, 6.45) is 36.5. The molecule has 268 valence electrons. The van der Waals surface area contributed by atoms with Gasteiger partial charge < -0.3 is 19.7 Å². The molecule has 0 aliphatic rings. The van der Waals surface area contributed by atoms with E-state index in [0.29, 0.717) is 19.3 Å². The molecule has 0 bridgehead atoms. The molecule has 3 atom stereocenters. The van der Waals surface area contributed by atoms with Crippen LogP contribution in [-0.2, 0) is 19.1 Å². The van der Waals surface area contributed by atoms with Gasteiger partial charge in [-0.25, -0.2) is 0 Å². The van der Waals surface area contributed by atoms with Crippen molar-refractivity contribution >= 4 is 11.9 Å². The topological polar surface area (TPSA) is 93.1 Å². The molecule has 0 aromatic carbocycles. The summed E-state index contributed by atoms with van der Waals surface area (Å²) in [6, 6.07) is 0. The van der Waals surface area contributed by atoms with Crippen LogP contribution in [0.5, 0.6) is 0 Å². The van der Waals surface area contributed by atoms with Crippen LogP contribution >= 0.6 is 0 Å². The number of carbonyl (C=O) groups is 2. The first-order valence-corrected chi connectivity index (χ1v) is 19.0. The first kappa shape index (κ1) is 44.1. The zero-order valence-electron chi connectivity index (χ0n) is 30.1. The Morgan fingerprint density at radius 1 is 0.609 bits per heavy atom. The van der Waals surface area contributed by atoms with E-state index in [2.05, 4.69) is 39.0 Å². The molecule has 6 heteroatoms. The number of aliphatic hydroxyl groups is 2. The molecule has 0 radical (unpaired) electrons. The van der Waals surface area contributed by atoms with E-state index in [1.54, 1.807) is 6.08 Å². The summed E-state index contributed by atoms with van der Waals surface area (Å²) < 4.78 is 10.2. The highest BCUT2D eigenvalue weighted by atomic mass is 16.6. The molecule has 0 saturated carbocycles. The summed E-state index contributed by atoms with van der Waals surface area (Å²) in [6.45, 7) is 6.48. The van der Waals surface area contributed by atoms with Gasteiger partial charge in [0, 0.05) is 12.8 Å². The second-order valence-electron chi connectivity index (χ2n) is 13.1. The lowest BCUT2D eigenvalue weighted by Gasteiger charge is -2.12. The van der Waals surface area contributed by atoms with Crippen LogP contribution in [0.4, 0.5) is 0 Å². The van der Waals surface area contributed by atoms with Gasteiger partial charge in [0.15, 0.2) is 0 Å². The van der Waals surface area contributed by atoms with Crippen molar-refractivity contribution in [2.75, 3.05) is 13.2 Å². The molecule has 46 heavy (non-hydrogen) atoms. The maximum atomic E-state index is 12.0. The highest BCUT2D eigenvalue weighted by molar-refractivity contribution is 5.69. The zero-order chi connectivity index (χ0) is 33.9. The van der Waals surface area contributed by atoms with Crippen LogP contribution < -0.4 is 0 Å². The predicted octanol–water partition coefficient (Wildman–Crippen LogP) is 10.5. The van der Waals surface area contributed by atoms with Crippen LogP contribution in [0.1, 0.15) is 175 Å². The average molecular weight is 649 g/mol. The summed E-state index contributed by atoms with van der Waals surface area (Å²) in [5, 5.41) is 20.1. The summed E-state index contributed by atoms with van der Waals surface area (Å²) in [5.41, 5.74) is 0. The molecular formula is C40H72O6. The minimum absolute atomic E-state index is 0.162. The zero-order valence-corrected chi connectivity index (χ0v) is 30.1. The summed E-state index contributed by atoms with van der Waals surface area (Å²) in [7, 11) is 0. The maximum Gasteiger partial charge on any atom is 0.305 e. The van der Waals surface area contributed by atoms with Crippen LogP contribution in [0.2, 0.25) is 0 Å². The van der Waals surface area contributed by atoms with E-state index in [4.69, 9.17) is 9.47 Å². The molecule has 6 nitrogen and oxygen atoms in total. The third-order valence-electron chi connectivity index (χ3n) is 8.52. The van der Waals surface area contributed by atoms with Gasteiger partial charge in [0.1, 0.15) is 19.3 Å². The largest absolute Gasteiger partial charge is 0.463 e. The Hall–Kier alpha value is -1.92. The monoisotopic (exact) mass is 649 g/mol. The van der Waals surface area contributed by atoms with Crippen molar-refractivity contribution in [3.8, 4) is 0 Å². The number of allylic oxidation sites excluding steroid dienone is 5. The van der Waals surface area contributed by atoms with Gasteiger partial charge in [-0.1, -0.05) is 160 Å². The second-order valence-corrected chi connectivity index (χ2v) is 13.1. The third kappa shape index (κ3) is 33.4. The Labute approximate surface area is 283 Å². The summed E-state index contributed by atoms with van der Waals surface area (Å²) in [5.74, 6) is 0.114. The number of carbonyl (C=O) groups excluding carboxylic acids is 2. The third-order valence-corrected chi connectivity index (χ3v) is 8.52. The normalized spacial score (nSPS) is 13.9.